The molecule has 4 nitrogen and oxygen atoms in total. The van der Waals surface area contributed by atoms with Crippen LogP contribution >= 0.6 is 0 Å². The first-order chi connectivity index (χ1) is 9.69. The molecule has 0 saturated carbocycles. The largest absolute Gasteiger partial charge is 0.497 e. The zero-order valence-corrected chi connectivity index (χ0v) is 12.0. The van der Waals surface area contributed by atoms with Crippen molar-refractivity contribution in [1.82, 2.24) is 9.88 Å². The Bertz CT molecular complexity index is 624. The van der Waals surface area contributed by atoms with Crippen molar-refractivity contribution in [3.8, 4) is 5.75 Å². The maximum atomic E-state index is 12.6. The van der Waals surface area contributed by atoms with E-state index in [1.165, 1.54) is 0 Å². The maximum absolute atomic E-state index is 12.6. The monoisotopic (exact) mass is 272 g/mol. The van der Waals surface area contributed by atoms with E-state index in [4.69, 9.17) is 4.74 Å². The number of fused-ring (bicyclic) bond motifs is 1. The number of ether oxygens (including phenoxy) is 1. The van der Waals surface area contributed by atoms with Crippen molar-refractivity contribution in [2.24, 2.45) is 5.92 Å². The lowest BCUT2D eigenvalue weighted by atomic mass is 9.98. The zero-order valence-electron chi connectivity index (χ0n) is 12.0. The SMILES string of the molecule is COc1ccc2[nH]cc(C(=O)N3CCC(C)CC3)c2c1. The Hall–Kier alpha value is -1.97. The third kappa shape index (κ3) is 2.26. The molecule has 1 aliphatic rings. The second kappa shape index (κ2) is 5.19. The molecule has 0 radical (unpaired) electrons. The summed E-state index contributed by atoms with van der Waals surface area (Å²) < 4.78 is 5.25. The minimum Gasteiger partial charge on any atom is -0.497 e. The van der Waals surface area contributed by atoms with E-state index >= 15 is 0 Å². The molecule has 0 atom stereocenters. The summed E-state index contributed by atoms with van der Waals surface area (Å²) in [6, 6.07) is 5.77. The number of hydrogen-bond acceptors (Lipinski definition) is 2. The molecule has 20 heavy (non-hydrogen) atoms. The highest BCUT2D eigenvalue weighted by molar-refractivity contribution is 6.07. The number of methoxy groups -OCH3 is 1. The molecule has 1 saturated heterocycles. The average molecular weight is 272 g/mol. The summed E-state index contributed by atoms with van der Waals surface area (Å²) in [5, 5.41) is 0.938. The molecular weight excluding hydrogens is 252 g/mol. The Morgan fingerprint density at radius 2 is 2.10 bits per heavy atom. The molecule has 1 aromatic carbocycles. The van der Waals surface area contributed by atoms with Crippen LogP contribution in [-0.2, 0) is 0 Å². The number of carbonyl (C=O) groups excluding carboxylic acids is 1. The van der Waals surface area contributed by atoms with Crippen molar-refractivity contribution < 1.29 is 9.53 Å². The number of aromatic amines is 1. The molecule has 0 spiro atoms. The molecule has 106 valence electrons. The van der Waals surface area contributed by atoms with Crippen LogP contribution in [0.5, 0.6) is 5.75 Å². The summed E-state index contributed by atoms with van der Waals surface area (Å²) in [7, 11) is 1.64. The van der Waals surface area contributed by atoms with Gasteiger partial charge in [-0.1, -0.05) is 6.92 Å². The predicted octanol–water partition coefficient (Wildman–Crippen LogP) is 3.05. The summed E-state index contributed by atoms with van der Waals surface area (Å²) in [6.45, 7) is 3.96. The molecule has 2 heterocycles. The molecular formula is C16H20N2O2. The number of amides is 1. The summed E-state index contributed by atoms with van der Waals surface area (Å²) in [6.07, 6.45) is 4.00. The van der Waals surface area contributed by atoms with E-state index in [-0.39, 0.29) is 5.91 Å². The fraction of sp³-hybridized carbons (Fsp3) is 0.438. The Kier molecular flexibility index (Phi) is 3.38. The molecule has 0 aliphatic carbocycles. The van der Waals surface area contributed by atoms with Crippen LogP contribution in [0.3, 0.4) is 0 Å². The van der Waals surface area contributed by atoms with Crippen molar-refractivity contribution in [2.75, 3.05) is 20.2 Å². The van der Waals surface area contributed by atoms with Crippen LogP contribution in [0, 0.1) is 5.92 Å². The Morgan fingerprint density at radius 3 is 2.80 bits per heavy atom. The summed E-state index contributed by atoms with van der Waals surface area (Å²) in [4.78, 5) is 17.8. The standard InChI is InChI=1S/C16H20N2O2/c1-11-5-7-18(8-6-11)16(19)14-10-17-15-4-3-12(20-2)9-13(14)15/h3-4,9-11,17H,5-8H2,1-2H3. The minimum atomic E-state index is 0.122. The first kappa shape index (κ1) is 13.0. The van der Waals surface area contributed by atoms with Crippen LogP contribution in [0.25, 0.3) is 10.9 Å². The molecule has 1 amide bonds. The van der Waals surface area contributed by atoms with E-state index in [0.29, 0.717) is 0 Å². The first-order valence-electron chi connectivity index (χ1n) is 7.13. The van der Waals surface area contributed by atoms with Crippen molar-refractivity contribution in [3.63, 3.8) is 0 Å². The Morgan fingerprint density at radius 1 is 1.35 bits per heavy atom. The third-order valence-corrected chi connectivity index (χ3v) is 4.19. The van der Waals surface area contributed by atoms with Gasteiger partial charge in [-0.05, 0) is 37.0 Å². The van der Waals surface area contributed by atoms with Crippen LogP contribution < -0.4 is 4.74 Å². The Balaban J connectivity index is 1.91. The number of nitrogens with one attached hydrogen (secondary N) is 1. The number of likely N-dealkylation sites (tertiary alicyclic amines) is 1. The highest BCUT2D eigenvalue weighted by Crippen LogP contribution is 2.26. The van der Waals surface area contributed by atoms with Crippen LogP contribution in [0.15, 0.2) is 24.4 Å². The van der Waals surface area contributed by atoms with E-state index in [2.05, 4.69) is 11.9 Å². The van der Waals surface area contributed by atoms with Gasteiger partial charge in [0.15, 0.2) is 0 Å². The Labute approximate surface area is 118 Å². The zero-order chi connectivity index (χ0) is 14.1. The topological polar surface area (TPSA) is 45.3 Å². The maximum Gasteiger partial charge on any atom is 0.256 e. The second-order valence-corrected chi connectivity index (χ2v) is 5.59. The number of nitrogens with zero attached hydrogens (tertiary/aromatic N) is 1. The molecule has 1 fully saturated rings. The molecule has 4 heteroatoms. The van der Waals surface area contributed by atoms with Gasteiger partial charge in [0.25, 0.3) is 5.91 Å². The number of carbonyl (C=O) groups is 1. The summed E-state index contributed by atoms with van der Waals surface area (Å²) >= 11 is 0. The van der Waals surface area contributed by atoms with Crippen LogP contribution in [0.1, 0.15) is 30.1 Å². The number of H-pyrrole nitrogens is 1. The van der Waals surface area contributed by atoms with Gasteiger partial charge < -0.3 is 14.6 Å². The van der Waals surface area contributed by atoms with Gasteiger partial charge in [-0.25, -0.2) is 0 Å². The van der Waals surface area contributed by atoms with Gasteiger partial charge in [0, 0.05) is 30.2 Å². The molecule has 0 bridgehead atoms. The molecule has 1 aromatic heterocycles. The minimum absolute atomic E-state index is 0.122. The normalized spacial score (nSPS) is 16.6. The lowest BCUT2D eigenvalue weighted by Crippen LogP contribution is -2.37. The molecule has 1 N–H and O–H groups in total. The van der Waals surface area contributed by atoms with E-state index in [9.17, 15) is 4.79 Å². The number of aromatic nitrogens is 1. The summed E-state index contributed by atoms with van der Waals surface area (Å²) in [5.41, 5.74) is 1.72. The van der Waals surface area contributed by atoms with Crippen LogP contribution in [-0.4, -0.2) is 36.0 Å². The quantitative estimate of drug-likeness (QED) is 0.913. The molecule has 2 aromatic rings. The van der Waals surface area contributed by atoms with Gasteiger partial charge in [0.1, 0.15) is 5.75 Å². The smallest absolute Gasteiger partial charge is 0.256 e. The van der Waals surface area contributed by atoms with Gasteiger partial charge in [0.05, 0.1) is 12.7 Å². The third-order valence-electron chi connectivity index (χ3n) is 4.19. The highest BCUT2D eigenvalue weighted by atomic mass is 16.5. The number of rotatable bonds is 2. The fourth-order valence-electron chi connectivity index (χ4n) is 2.79. The van der Waals surface area contributed by atoms with Crippen molar-refractivity contribution in [3.05, 3.63) is 30.0 Å². The molecule has 3 rings (SSSR count). The van der Waals surface area contributed by atoms with Gasteiger partial charge in [-0.3, -0.25) is 4.79 Å². The van der Waals surface area contributed by atoms with Gasteiger partial charge in [0.2, 0.25) is 0 Å². The lowest BCUT2D eigenvalue weighted by molar-refractivity contribution is 0.0699. The van der Waals surface area contributed by atoms with E-state index in [1.807, 2.05) is 29.3 Å². The summed E-state index contributed by atoms with van der Waals surface area (Å²) in [5.74, 6) is 1.62. The van der Waals surface area contributed by atoms with Crippen molar-refractivity contribution >= 4 is 16.8 Å². The van der Waals surface area contributed by atoms with E-state index in [0.717, 1.165) is 54.1 Å². The van der Waals surface area contributed by atoms with Gasteiger partial charge in [-0.2, -0.15) is 0 Å². The van der Waals surface area contributed by atoms with Crippen molar-refractivity contribution in [1.29, 1.82) is 0 Å². The van der Waals surface area contributed by atoms with Crippen LogP contribution in [0.2, 0.25) is 0 Å². The molecule has 0 unspecified atom stereocenters. The predicted molar refractivity (Wildman–Crippen MR) is 79.2 cm³/mol. The van der Waals surface area contributed by atoms with Gasteiger partial charge in [-0.15, -0.1) is 0 Å². The lowest BCUT2D eigenvalue weighted by Gasteiger charge is -2.30. The fourth-order valence-corrected chi connectivity index (χ4v) is 2.79. The first-order valence-corrected chi connectivity index (χ1v) is 7.13. The highest BCUT2D eigenvalue weighted by Gasteiger charge is 2.23. The second-order valence-electron chi connectivity index (χ2n) is 5.59. The number of benzene rings is 1. The van der Waals surface area contributed by atoms with Crippen LogP contribution in [0.4, 0.5) is 0 Å². The van der Waals surface area contributed by atoms with E-state index in [1.54, 1.807) is 7.11 Å². The average Bonchev–Trinajstić information content (AvgIpc) is 2.90. The number of hydrogen-bond donors (Lipinski definition) is 1. The number of piperidine rings is 1. The molecule has 1 aliphatic heterocycles. The van der Waals surface area contributed by atoms with Crippen molar-refractivity contribution in [2.45, 2.75) is 19.8 Å². The van der Waals surface area contributed by atoms with E-state index < -0.39 is 0 Å². The van der Waals surface area contributed by atoms with Gasteiger partial charge >= 0.3 is 0 Å².